The highest BCUT2D eigenvalue weighted by Crippen LogP contribution is 2.14. The lowest BCUT2D eigenvalue weighted by molar-refractivity contribution is -0.138. The van der Waals surface area contributed by atoms with Crippen molar-refractivity contribution in [3.63, 3.8) is 0 Å². The predicted molar refractivity (Wildman–Crippen MR) is 65.6 cm³/mol. The van der Waals surface area contributed by atoms with Crippen LogP contribution in [0.15, 0.2) is 12.2 Å². The molecule has 0 radical (unpaired) electrons. The zero-order chi connectivity index (χ0) is 13.5. The number of hydrogen-bond acceptors (Lipinski definition) is 5. The summed E-state index contributed by atoms with van der Waals surface area (Å²) in [6.45, 7) is 10.6. The van der Waals surface area contributed by atoms with Crippen LogP contribution in [0.25, 0.3) is 0 Å². The Bertz CT molecular complexity index is 302. The van der Waals surface area contributed by atoms with Gasteiger partial charge < -0.3 is 13.6 Å². The molecule has 98 valence electrons. The van der Waals surface area contributed by atoms with Gasteiger partial charge in [0.15, 0.2) is 0 Å². The van der Waals surface area contributed by atoms with Crippen molar-refractivity contribution in [2.45, 2.75) is 33.4 Å². The zero-order valence-corrected chi connectivity index (χ0v) is 11.9. The molecule has 0 N–H and O–H groups in total. The van der Waals surface area contributed by atoms with Gasteiger partial charge in [-0.1, -0.05) is 6.58 Å². The number of carbonyl (C=O) groups excluding carboxylic acids is 2. The van der Waals surface area contributed by atoms with E-state index in [1.807, 2.05) is 6.92 Å². The van der Waals surface area contributed by atoms with Gasteiger partial charge in [0.25, 0.3) is 5.97 Å². The Morgan fingerprint density at radius 3 is 2.29 bits per heavy atom. The fourth-order valence-electron chi connectivity index (χ4n) is 1.21. The van der Waals surface area contributed by atoms with E-state index in [-0.39, 0.29) is 12.6 Å². The van der Waals surface area contributed by atoms with Crippen LogP contribution in [-0.4, -0.2) is 33.7 Å². The first kappa shape index (κ1) is 15.9. The molecule has 0 aliphatic heterocycles. The molecule has 0 saturated carbocycles. The molecule has 0 saturated heterocycles. The molecule has 0 aliphatic carbocycles. The van der Waals surface area contributed by atoms with Crippen molar-refractivity contribution in [1.29, 1.82) is 0 Å². The van der Waals surface area contributed by atoms with Crippen LogP contribution >= 0.6 is 0 Å². The Morgan fingerprint density at radius 1 is 1.29 bits per heavy atom. The van der Waals surface area contributed by atoms with Gasteiger partial charge in [0.2, 0.25) is 0 Å². The predicted octanol–water partition coefficient (Wildman–Crippen LogP) is 1.78. The summed E-state index contributed by atoms with van der Waals surface area (Å²) in [5.41, 5.74) is 0.345. The quantitative estimate of drug-likeness (QED) is 0.396. The Labute approximate surface area is 103 Å². The molecular weight excluding hydrogens is 240 g/mol. The van der Waals surface area contributed by atoms with Gasteiger partial charge in [0.05, 0.1) is 6.61 Å². The number of ether oxygens (including phenoxy) is 1. The first-order chi connectivity index (χ1) is 7.80. The normalized spacial score (nSPS) is 13.6. The molecule has 1 unspecified atom stereocenters. The van der Waals surface area contributed by atoms with Gasteiger partial charge in [0, 0.05) is 25.1 Å². The standard InChI is InChI=1S/C11H20O5Si/c1-6-15-17(5,16-10(4)12)8-7-14-11(13)9(2)3/h2,6-8H2,1,3-5H3. The van der Waals surface area contributed by atoms with Crippen LogP contribution in [0.3, 0.4) is 0 Å². The summed E-state index contributed by atoms with van der Waals surface area (Å²) in [6.07, 6.45) is 0. The minimum atomic E-state index is -2.57. The van der Waals surface area contributed by atoms with Crippen LogP contribution in [0.5, 0.6) is 0 Å². The average molecular weight is 260 g/mol. The Balaban J connectivity index is 4.21. The molecule has 0 aromatic rings. The van der Waals surface area contributed by atoms with Crippen molar-refractivity contribution in [2.75, 3.05) is 13.2 Å². The largest absolute Gasteiger partial charge is 0.494 e. The van der Waals surface area contributed by atoms with E-state index in [2.05, 4.69) is 6.58 Å². The van der Waals surface area contributed by atoms with Crippen LogP contribution in [0.4, 0.5) is 0 Å². The van der Waals surface area contributed by atoms with Crippen molar-refractivity contribution in [3.8, 4) is 0 Å². The monoisotopic (exact) mass is 260 g/mol. The van der Waals surface area contributed by atoms with Crippen molar-refractivity contribution >= 4 is 20.5 Å². The van der Waals surface area contributed by atoms with Gasteiger partial charge in [-0.05, 0) is 20.4 Å². The topological polar surface area (TPSA) is 61.8 Å². The average Bonchev–Trinajstić information content (AvgIpc) is 2.15. The van der Waals surface area contributed by atoms with E-state index < -0.39 is 14.5 Å². The maximum absolute atomic E-state index is 11.2. The first-order valence-corrected chi connectivity index (χ1v) is 7.99. The van der Waals surface area contributed by atoms with Crippen molar-refractivity contribution in [2.24, 2.45) is 0 Å². The van der Waals surface area contributed by atoms with E-state index in [0.717, 1.165) is 0 Å². The van der Waals surface area contributed by atoms with Crippen molar-refractivity contribution in [1.82, 2.24) is 0 Å². The van der Waals surface area contributed by atoms with Gasteiger partial charge in [-0.2, -0.15) is 0 Å². The minimum Gasteiger partial charge on any atom is -0.494 e. The summed E-state index contributed by atoms with van der Waals surface area (Å²) in [7, 11) is -2.57. The molecule has 1 atom stereocenters. The molecule has 0 amide bonds. The highest BCUT2D eigenvalue weighted by molar-refractivity contribution is 6.67. The summed E-state index contributed by atoms with van der Waals surface area (Å²) in [6, 6.07) is 0.416. The molecule has 5 nitrogen and oxygen atoms in total. The molecule has 0 aromatic heterocycles. The molecule has 6 heteroatoms. The van der Waals surface area contributed by atoms with Gasteiger partial charge >= 0.3 is 14.5 Å². The molecule has 17 heavy (non-hydrogen) atoms. The highest BCUT2D eigenvalue weighted by atomic mass is 28.4. The third-order valence-electron chi connectivity index (χ3n) is 1.95. The molecule has 0 aliphatic rings. The Hall–Kier alpha value is -1.14. The first-order valence-electron chi connectivity index (χ1n) is 5.47. The zero-order valence-electron chi connectivity index (χ0n) is 10.9. The van der Waals surface area contributed by atoms with Crippen LogP contribution in [0.1, 0.15) is 20.8 Å². The Morgan fingerprint density at radius 2 is 1.88 bits per heavy atom. The molecule has 0 fully saturated rings. The maximum atomic E-state index is 11.2. The van der Waals surface area contributed by atoms with E-state index in [1.54, 1.807) is 13.5 Å². The maximum Gasteiger partial charge on any atom is 0.401 e. The van der Waals surface area contributed by atoms with Crippen LogP contribution < -0.4 is 0 Å². The second-order valence-corrected chi connectivity index (χ2v) is 7.09. The van der Waals surface area contributed by atoms with Gasteiger partial charge in [0.1, 0.15) is 0 Å². The van der Waals surface area contributed by atoms with E-state index >= 15 is 0 Å². The van der Waals surface area contributed by atoms with Crippen LogP contribution in [0.2, 0.25) is 12.6 Å². The van der Waals surface area contributed by atoms with Gasteiger partial charge in [-0.25, -0.2) is 4.79 Å². The second kappa shape index (κ2) is 7.23. The smallest absolute Gasteiger partial charge is 0.401 e. The molecule has 0 rings (SSSR count). The SMILES string of the molecule is C=C(C)C(=O)OCC[Si](C)(OCC)OC(C)=O. The molecule has 0 aromatic carbocycles. The summed E-state index contributed by atoms with van der Waals surface area (Å²) in [5.74, 6) is -0.820. The number of hydrogen-bond donors (Lipinski definition) is 0. The molecule has 0 spiro atoms. The minimum absolute atomic E-state index is 0.168. The fourth-order valence-corrected chi connectivity index (χ4v) is 3.21. The van der Waals surface area contributed by atoms with Gasteiger partial charge in [-0.3, -0.25) is 4.79 Å². The van der Waals surface area contributed by atoms with E-state index in [0.29, 0.717) is 18.2 Å². The van der Waals surface area contributed by atoms with Crippen LogP contribution in [0, 0.1) is 0 Å². The lowest BCUT2D eigenvalue weighted by Crippen LogP contribution is -2.41. The number of carbonyl (C=O) groups is 2. The van der Waals surface area contributed by atoms with Crippen LogP contribution in [-0.2, 0) is 23.2 Å². The molecule has 0 heterocycles. The summed E-state index contributed by atoms with van der Waals surface area (Å²) >= 11 is 0. The van der Waals surface area contributed by atoms with Crippen molar-refractivity contribution in [3.05, 3.63) is 12.2 Å². The highest BCUT2D eigenvalue weighted by Gasteiger charge is 2.34. The molecule has 0 bridgehead atoms. The van der Waals surface area contributed by atoms with E-state index in [9.17, 15) is 9.59 Å². The van der Waals surface area contributed by atoms with Gasteiger partial charge in [-0.15, -0.1) is 0 Å². The van der Waals surface area contributed by atoms with E-state index in [4.69, 9.17) is 13.6 Å². The summed E-state index contributed by atoms with van der Waals surface area (Å²) < 4.78 is 15.6. The summed E-state index contributed by atoms with van der Waals surface area (Å²) in [4.78, 5) is 22.1. The molecular formula is C11H20O5Si. The second-order valence-electron chi connectivity index (χ2n) is 3.83. The lowest BCUT2D eigenvalue weighted by atomic mass is 10.4. The van der Waals surface area contributed by atoms with Crippen molar-refractivity contribution < 1.29 is 23.2 Å². The number of rotatable bonds is 7. The third kappa shape index (κ3) is 6.91. The fraction of sp³-hybridized carbons (Fsp3) is 0.636. The number of esters is 1. The Kier molecular flexibility index (Phi) is 6.75. The van der Waals surface area contributed by atoms with E-state index in [1.165, 1.54) is 6.92 Å². The lowest BCUT2D eigenvalue weighted by Gasteiger charge is -2.25. The summed E-state index contributed by atoms with van der Waals surface area (Å²) in [5, 5.41) is 0. The third-order valence-corrected chi connectivity index (χ3v) is 4.68.